The fourth-order valence-electron chi connectivity index (χ4n) is 2.26. The molecular formula is C17H15FN6O2. The molecule has 8 nitrogen and oxygen atoms in total. The molecule has 2 aromatic carbocycles. The van der Waals surface area contributed by atoms with E-state index in [9.17, 15) is 14.0 Å². The van der Waals surface area contributed by atoms with Crippen molar-refractivity contribution in [3.05, 3.63) is 59.9 Å². The van der Waals surface area contributed by atoms with E-state index in [-0.39, 0.29) is 24.2 Å². The van der Waals surface area contributed by atoms with Crippen LogP contribution in [0.1, 0.15) is 10.4 Å². The minimum Gasteiger partial charge on any atom is -0.355 e. The summed E-state index contributed by atoms with van der Waals surface area (Å²) in [6.45, 7) is -0.174. The Labute approximate surface area is 148 Å². The molecule has 0 radical (unpaired) electrons. The van der Waals surface area contributed by atoms with Gasteiger partial charge in [-0.05, 0) is 35.5 Å². The second-order valence-corrected chi connectivity index (χ2v) is 5.36. The molecule has 0 atom stereocenters. The van der Waals surface area contributed by atoms with E-state index in [0.717, 1.165) is 4.80 Å². The minimum atomic E-state index is -0.410. The van der Waals surface area contributed by atoms with Crippen LogP contribution in [0.25, 0.3) is 11.4 Å². The van der Waals surface area contributed by atoms with Crippen LogP contribution < -0.4 is 10.6 Å². The molecular weight excluding hydrogens is 339 g/mol. The minimum absolute atomic E-state index is 0.174. The van der Waals surface area contributed by atoms with Crippen LogP contribution in [0.2, 0.25) is 0 Å². The Morgan fingerprint density at radius 3 is 2.73 bits per heavy atom. The van der Waals surface area contributed by atoms with Crippen molar-refractivity contribution in [1.82, 2.24) is 25.5 Å². The van der Waals surface area contributed by atoms with Crippen LogP contribution >= 0.6 is 0 Å². The molecule has 3 aromatic rings. The Morgan fingerprint density at radius 2 is 1.96 bits per heavy atom. The van der Waals surface area contributed by atoms with E-state index in [2.05, 4.69) is 26.0 Å². The van der Waals surface area contributed by atoms with Gasteiger partial charge in [-0.15, -0.1) is 10.2 Å². The molecule has 2 amide bonds. The smallest absolute Gasteiger partial charge is 0.251 e. The SMILES string of the molecule is CNC(=O)c1cccc(NC(=O)Cn2nnc(-c3cccc(F)c3)n2)c1. The normalized spacial score (nSPS) is 10.4. The van der Waals surface area contributed by atoms with Crippen LogP contribution in [0.4, 0.5) is 10.1 Å². The molecule has 0 fully saturated rings. The van der Waals surface area contributed by atoms with E-state index in [1.807, 2.05) is 0 Å². The summed E-state index contributed by atoms with van der Waals surface area (Å²) in [5.74, 6) is -0.826. The van der Waals surface area contributed by atoms with Gasteiger partial charge < -0.3 is 10.6 Å². The Balaban J connectivity index is 1.67. The Hall–Kier alpha value is -3.62. The first-order valence-corrected chi connectivity index (χ1v) is 7.71. The number of halogens is 1. The summed E-state index contributed by atoms with van der Waals surface area (Å²) in [6, 6.07) is 12.3. The second-order valence-electron chi connectivity index (χ2n) is 5.36. The fourth-order valence-corrected chi connectivity index (χ4v) is 2.26. The first-order valence-electron chi connectivity index (χ1n) is 7.71. The standard InChI is InChI=1S/C17H15FN6O2/c1-19-17(26)12-5-3-7-14(9-12)20-15(25)10-24-22-16(21-23-24)11-4-2-6-13(18)8-11/h2-9H,10H2,1H3,(H,19,26)(H,20,25). The highest BCUT2D eigenvalue weighted by Gasteiger charge is 2.11. The maximum Gasteiger partial charge on any atom is 0.251 e. The number of benzene rings is 2. The van der Waals surface area contributed by atoms with Crippen LogP contribution in [0, 0.1) is 5.82 Å². The molecule has 0 bridgehead atoms. The first kappa shape index (κ1) is 17.2. The maximum absolute atomic E-state index is 13.3. The third-order valence-electron chi connectivity index (χ3n) is 3.46. The van der Waals surface area contributed by atoms with Gasteiger partial charge in [-0.1, -0.05) is 18.2 Å². The van der Waals surface area contributed by atoms with Crippen LogP contribution in [0.5, 0.6) is 0 Å². The van der Waals surface area contributed by atoms with Gasteiger partial charge in [0.1, 0.15) is 12.4 Å². The summed E-state index contributed by atoms with van der Waals surface area (Å²) >= 11 is 0. The molecule has 3 rings (SSSR count). The molecule has 1 aromatic heterocycles. The highest BCUT2D eigenvalue weighted by atomic mass is 19.1. The second kappa shape index (κ2) is 7.51. The number of carbonyl (C=O) groups excluding carboxylic acids is 2. The average molecular weight is 354 g/mol. The van der Waals surface area contributed by atoms with Crippen molar-refractivity contribution in [3.63, 3.8) is 0 Å². The zero-order valence-electron chi connectivity index (χ0n) is 13.8. The number of anilines is 1. The summed E-state index contributed by atoms with van der Waals surface area (Å²) in [5, 5.41) is 16.8. The first-order chi connectivity index (χ1) is 12.5. The zero-order chi connectivity index (χ0) is 18.5. The molecule has 132 valence electrons. The van der Waals surface area contributed by atoms with Gasteiger partial charge >= 0.3 is 0 Å². The van der Waals surface area contributed by atoms with Gasteiger partial charge in [-0.2, -0.15) is 4.80 Å². The van der Waals surface area contributed by atoms with Crippen molar-refractivity contribution >= 4 is 17.5 Å². The van der Waals surface area contributed by atoms with Crippen molar-refractivity contribution in [2.24, 2.45) is 0 Å². The lowest BCUT2D eigenvalue weighted by molar-refractivity contribution is -0.117. The van der Waals surface area contributed by atoms with Crippen LogP contribution in [-0.2, 0) is 11.3 Å². The van der Waals surface area contributed by atoms with Gasteiger partial charge in [-0.3, -0.25) is 9.59 Å². The predicted molar refractivity (Wildman–Crippen MR) is 91.7 cm³/mol. The van der Waals surface area contributed by atoms with E-state index in [1.165, 1.54) is 25.2 Å². The Bertz CT molecular complexity index is 956. The number of hydrogen-bond acceptors (Lipinski definition) is 5. The van der Waals surface area contributed by atoms with Gasteiger partial charge in [0, 0.05) is 23.9 Å². The Morgan fingerprint density at radius 1 is 1.15 bits per heavy atom. The van der Waals surface area contributed by atoms with Crippen LogP contribution in [-0.4, -0.2) is 39.1 Å². The predicted octanol–water partition coefficient (Wildman–Crippen LogP) is 1.48. The molecule has 0 saturated carbocycles. The highest BCUT2D eigenvalue weighted by molar-refractivity contribution is 5.96. The van der Waals surface area contributed by atoms with Gasteiger partial charge in [0.25, 0.3) is 5.91 Å². The molecule has 0 spiro atoms. The molecule has 2 N–H and O–H groups in total. The summed E-state index contributed by atoms with van der Waals surface area (Å²) < 4.78 is 13.3. The lowest BCUT2D eigenvalue weighted by Crippen LogP contribution is -2.21. The molecule has 9 heteroatoms. The van der Waals surface area contributed by atoms with Crippen molar-refractivity contribution < 1.29 is 14.0 Å². The molecule has 1 heterocycles. The van der Waals surface area contributed by atoms with Crippen LogP contribution in [0.3, 0.4) is 0 Å². The lowest BCUT2D eigenvalue weighted by Gasteiger charge is -2.06. The van der Waals surface area contributed by atoms with Crippen LogP contribution in [0.15, 0.2) is 48.5 Å². The maximum atomic E-state index is 13.3. The lowest BCUT2D eigenvalue weighted by atomic mass is 10.2. The molecule has 0 aliphatic rings. The van der Waals surface area contributed by atoms with E-state index >= 15 is 0 Å². The number of carbonyl (C=O) groups is 2. The van der Waals surface area contributed by atoms with Gasteiger partial charge in [0.2, 0.25) is 11.7 Å². The van der Waals surface area contributed by atoms with E-state index in [1.54, 1.807) is 30.3 Å². The molecule has 0 unspecified atom stereocenters. The van der Waals surface area contributed by atoms with Gasteiger partial charge in [0.05, 0.1) is 0 Å². The third-order valence-corrected chi connectivity index (χ3v) is 3.46. The van der Waals surface area contributed by atoms with E-state index in [0.29, 0.717) is 16.8 Å². The zero-order valence-corrected chi connectivity index (χ0v) is 13.8. The van der Waals surface area contributed by atoms with E-state index in [4.69, 9.17) is 0 Å². The highest BCUT2D eigenvalue weighted by Crippen LogP contribution is 2.14. The fraction of sp³-hybridized carbons (Fsp3) is 0.118. The number of aromatic nitrogens is 4. The monoisotopic (exact) mass is 354 g/mol. The van der Waals surface area contributed by atoms with Crippen molar-refractivity contribution in [1.29, 1.82) is 0 Å². The average Bonchev–Trinajstić information content (AvgIpc) is 3.09. The van der Waals surface area contributed by atoms with Crippen molar-refractivity contribution in [2.75, 3.05) is 12.4 Å². The summed E-state index contributed by atoms with van der Waals surface area (Å²) in [5.41, 5.74) is 1.37. The molecule has 0 aliphatic carbocycles. The number of tetrazole rings is 1. The number of nitrogens with zero attached hydrogens (tertiary/aromatic N) is 4. The topological polar surface area (TPSA) is 102 Å². The van der Waals surface area contributed by atoms with Gasteiger partial charge in [0.15, 0.2) is 0 Å². The number of amides is 2. The van der Waals surface area contributed by atoms with Crippen molar-refractivity contribution in [3.8, 4) is 11.4 Å². The summed E-state index contributed by atoms with van der Waals surface area (Å²) in [7, 11) is 1.53. The third kappa shape index (κ3) is 4.07. The molecule has 26 heavy (non-hydrogen) atoms. The molecule has 0 aliphatic heterocycles. The van der Waals surface area contributed by atoms with Gasteiger partial charge in [-0.25, -0.2) is 4.39 Å². The summed E-state index contributed by atoms with van der Waals surface area (Å²) in [4.78, 5) is 24.9. The Kier molecular flexibility index (Phi) is 4.97. The van der Waals surface area contributed by atoms with Crippen molar-refractivity contribution in [2.45, 2.75) is 6.54 Å². The number of hydrogen-bond donors (Lipinski definition) is 2. The molecule has 0 saturated heterocycles. The quantitative estimate of drug-likeness (QED) is 0.723. The number of nitrogens with one attached hydrogen (secondary N) is 2. The van der Waals surface area contributed by atoms with E-state index < -0.39 is 5.82 Å². The summed E-state index contributed by atoms with van der Waals surface area (Å²) in [6.07, 6.45) is 0. The largest absolute Gasteiger partial charge is 0.355 e. The number of rotatable bonds is 5.